The molecule has 0 saturated heterocycles. The van der Waals surface area contributed by atoms with Gasteiger partial charge in [-0.15, -0.1) is 11.3 Å². The smallest absolute Gasteiger partial charge is 0.407 e. The fraction of sp³-hybridized carbons (Fsp3) is 0.308. The van der Waals surface area contributed by atoms with Crippen molar-refractivity contribution in [1.82, 2.24) is 10.6 Å². The summed E-state index contributed by atoms with van der Waals surface area (Å²) in [6.07, 6.45) is 1.18. The van der Waals surface area contributed by atoms with Gasteiger partial charge in [0.25, 0.3) is 5.91 Å². The lowest BCUT2D eigenvalue weighted by Crippen LogP contribution is -2.36. The first kappa shape index (κ1) is 23.3. The van der Waals surface area contributed by atoms with E-state index >= 15 is 0 Å². The van der Waals surface area contributed by atoms with Crippen LogP contribution in [0.4, 0.5) is 4.79 Å². The van der Waals surface area contributed by atoms with Crippen LogP contribution in [0.1, 0.15) is 55.1 Å². The number of thiophene rings is 1. The molecule has 1 aromatic heterocycles. The van der Waals surface area contributed by atoms with Crippen LogP contribution in [0, 0.1) is 0 Å². The van der Waals surface area contributed by atoms with Crippen LogP contribution in [0.25, 0.3) is 10.4 Å². The number of ether oxygens (including phenoxy) is 1. The second-order valence-electron chi connectivity index (χ2n) is 9.25. The minimum absolute atomic E-state index is 0.174. The summed E-state index contributed by atoms with van der Waals surface area (Å²) >= 11 is 8.09. The summed E-state index contributed by atoms with van der Waals surface area (Å²) in [5, 5.41) is 8.65. The molecule has 0 spiro atoms. The number of hydrogen-bond donors (Lipinski definition) is 2. The summed E-state index contributed by atoms with van der Waals surface area (Å²) in [5.41, 5.74) is 2.30. The average Bonchev–Trinajstić information content (AvgIpc) is 3.31. The van der Waals surface area contributed by atoms with Crippen molar-refractivity contribution in [3.05, 3.63) is 81.7 Å². The zero-order chi connectivity index (χ0) is 23.6. The van der Waals surface area contributed by atoms with Crippen molar-refractivity contribution in [2.75, 3.05) is 0 Å². The average molecular weight is 483 g/mol. The molecule has 0 radical (unpaired) electrons. The zero-order valence-corrected chi connectivity index (χ0v) is 20.5. The normalized spacial score (nSPS) is 14.4. The number of amides is 2. The molecule has 0 unspecified atom stereocenters. The lowest BCUT2D eigenvalue weighted by atomic mass is 9.99. The lowest BCUT2D eigenvalue weighted by molar-refractivity contribution is 0.0522. The minimum Gasteiger partial charge on any atom is -0.444 e. The summed E-state index contributed by atoms with van der Waals surface area (Å²) < 4.78 is 5.30. The highest BCUT2D eigenvalue weighted by Crippen LogP contribution is 2.47. The van der Waals surface area contributed by atoms with E-state index in [9.17, 15) is 9.59 Å². The SMILES string of the molecule is CC(C)(C)OC(=O)NCc1ccccc1C(=O)NC1(c2cc(Cl)cc(-c3cccs3)c2)CC1. The Morgan fingerprint density at radius 2 is 1.85 bits per heavy atom. The van der Waals surface area contributed by atoms with Gasteiger partial charge in [-0.05, 0) is 86.0 Å². The van der Waals surface area contributed by atoms with E-state index in [-0.39, 0.29) is 12.5 Å². The molecule has 1 fully saturated rings. The number of hydrogen-bond acceptors (Lipinski definition) is 4. The van der Waals surface area contributed by atoms with Crippen LogP contribution in [-0.4, -0.2) is 17.6 Å². The standard InChI is InChI=1S/C26H27ClN2O3S/c1-25(2,3)32-24(31)28-16-17-7-4-5-8-21(17)23(30)29-26(10-11-26)19-13-18(14-20(27)15-19)22-9-6-12-33-22/h4-9,12-15H,10-11,16H2,1-3H3,(H,28,31)(H,29,30). The van der Waals surface area contributed by atoms with Gasteiger partial charge in [0.1, 0.15) is 5.60 Å². The number of nitrogens with one attached hydrogen (secondary N) is 2. The fourth-order valence-electron chi connectivity index (χ4n) is 3.72. The summed E-state index contributed by atoms with van der Waals surface area (Å²) in [4.78, 5) is 26.5. The van der Waals surface area contributed by atoms with Gasteiger partial charge < -0.3 is 15.4 Å². The maximum absolute atomic E-state index is 13.3. The third-order valence-corrected chi connectivity index (χ3v) is 6.58. The molecule has 0 aliphatic heterocycles. The van der Waals surface area contributed by atoms with Gasteiger partial charge in [0.05, 0.1) is 5.54 Å². The van der Waals surface area contributed by atoms with Crippen LogP contribution in [0.5, 0.6) is 0 Å². The van der Waals surface area contributed by atoms with E-state index in [1.165, 1.54) is 0 Å². The Morgan fingerprint density at radius 1 is 1.09 bits per heavy atom. The highest BCUT2D eigenvalue weighted by molar-refractivity contribution is 7.13. The zero-order valence-electron chi connectivity index (χ0n) is 18.9. The minimum atomic E-state index is -0.585. The number of halogens is 1. The largest absolute Gasteiger partial charge is 0.444 e. The summed E-state index contributed by atoms with van der Waals surface area (Å²) in [7, 11) is 0. The molecule has 4 rings (SSSR count). The van der Waals surface area contributed by atoms with E-state index in [2.05, 4.69) is 22.8 Å². The third kappa shape index (κ3) is 5.75. The van der Waals surface area contributed by atoms with Crippen molar-refractivity contribution in [3.8, 4) is 10.4 Å². The predicted molar refractivity (Wildman–Crippen MR) is 133 cm³/mol. The molecule has 5 nitrogen and oxygen atoms in total. The number of carbonyl (C=O) groups is 2. The van der Waals surface area contributed by atoms with Crippen molar-refractivity contribution in [1.29, 1.82) is 0 Å². The highest BCUT2D eigenvalue weighted by atomic mass is 35.5. The molecule has 172 valence electrons. The van der Waals surface area contributed by atoms with Crippen LogP contribution in [0.3, 0.4) is 0 Å². The Bertz CT molecular complexity index is 1160. The third-order valence-electron chi connectivity index (χ3n) is 5.44. The second-order valence-corrected chi connectivity index (χ2v) is 10.6. The van der Waals surface area contributed by atoms with E-state index in [4.69, 9.17) is 16.3 Å². The van der Waals surface area contributed by atoms with Crippen LogP contribution in [-0.2, 0) is 16.8 Å². The molecule has 1 aliphatic carbocycles. The molecule has 2 aromatic carbocycles. The second kappa shape index (κ2) is 9.20. The van der Waals surface area contributed by atoms with Gasteiger partial charge in [0.15, 0.2) is 0 Å². The van der Waals surface area contributed by atoms with E-state index in [0.717, 1.165) is 34.4 Å². The number of benzene rings is 2. The quantitative estimate of drug-likeness (QED) is 0.420. The van der Waals surface area contributed by atoms with Crippen molar-refractivity contribution in [3.63, 3.8) is 0 Å². The first-order valence-electron chi connectivity index (χ1n) is 10.9. The van der Waals surface area contributed by atoms with Crippen molar-refractivity contribution in [2.45, 2.75) is 51.3 Å². The Balaban J connectivity index is 1.51. The van der Waals surface area contributed by atoms with Crippen LogP contribution < -0.4 is 10.6 Å². The number of carbonyl (C=O) groups excluding carboxylic acids is 2. The molecule has 2 N–H and O–H groups in total. The van der Waals surface area contributed by atoms with Gasteiger partial charge in [0, 0.05) is 22.0 Å². The molecule has 2 amide bonds. The molecule has 0 bridgehead atoms. The predicted octanol–water partition coefficient (Wildman–Crippen LogP) is 6.51. The van der Waals surface area contributed by atoms with E-state index in [0.29, 0.717) is 10.6 Å². The van der Waals surface area contributed by atoms with Gasteiger partial charge in [-0.1, -0.05) is 35.9 Å². The molecule has 1 aliphatic rings. The van der Waals surface area contributed by atoms with Gasteiger partial charge in [-0.25, -0.2) is 4.79 Å². The van der Waals surface area contributed by atoms with Gasteiger partial charge in [-0.2, -0.15) is 0 Å². The van der Waals surface area contributed by atoms with E-state index < -0.39 is 17.2 Å². The first-order valence-corrected chi connectivity index (χ1v) is 12.1. The topological polar surface area (TPSA) is 67.4 Å². The van der Waals surface area contributed by atoms with Gasteiger partial charge in [-0.3, -0.25) is 4.79 Å². The summed E-state index contributed by atoms with van der Waals surface area (Å²) in [6.45, 7) is 5.62. The summed E-state index contributed by atoms with van der Waals surface area (Å²) in [5.74, 6) is -0.174. The molecule has 1 saturated carbocycles. The molecule has 33 heavy (non-hydrogen) atoms. The van der Waals surface area contributed by atoms with Crippen molar-refractivity contribution >= 4 is 34.9 Å². The Hall–Kier alpha value is -2.83. The van der Waals surface area contributed by atoms with Crippen molar-refractivity contribution in [2.24, 2.45) is 0 Å². The molecule has 3 aromatic rings. The Kier molecular flexibility index (Phi) is 6.50. The maximum Gasteiger partial charge on any atom is 0.407 e. The van der Waals surface area contributed by atoms with E-state index in [1.807, 2.05) is 62.5 Å². The number of alkyl carbamates (subject to hydrolysis) is 1. The van der Waals surface area contributed by atoms with E-state index in [1.54, 1.807) is 17.4 Å². The Morgan fingerprint density at radius 3 is 2.52 bits per heavy atom. The molecule has 0 atom stereocenters. The van der Waals surface area contributed by atoms with Crippen LogP contribution in [0.15, 0.2) is 60.0 Å². The lowest BCUT2D eigenvalue weighted by Gasteiger charge is -2.21. The van der Waals surface area contributed by atoms with Crippen LogP contribution >= 0.6 is 22.9 Å². The number of rotatable bonds is 6. The summed E-state index contributed by atoms with van der Waals surface area (Å²) in [6, 6.07) is 17.3. The molecule has 1 heterocycles. The van der Waals surface area contributed by atoms with Gasteiger partial charge in [0.2, 0.25) is 0 Å². The molecule has 7 heteroatoms. The first-order chi connectivity index (χ1) is 15.7. The highest BCUT2D eigenvalue weighted by Gasteiger charge is 2.46. The van der Waals surface area contributed by atoms with Crippen LogP contribution in [0.2, 0.25) is 5.02 Å². The maximum atomic E-state index is 13.3. The fourth-order valence-corrected chi connectivity index (χ4v) is 4.67. The molecular formula is C26H27ClN2O3S. The van der Waals surface area contributed by atoms with Gasteiger partial charge >= 0.3 is 6.09 Å². The van der Waals surface area contributed by atoms with Crippen molar-refractivity contribution < 1.29 is 14.3 Å². The monoisotopic (exact) mass is 482 g/mol. The molecular weight excluding hydrogens is 456 g/mol. The Labute approximate surface area is 203 Å².